The zero-order valence-electron chi connectivity index (χ0n) is 16.7. The van der Waals surface area contributed by atoms with Gasteiger partial charge in [0.1, 0.15) is 10.6 Å². The summed E-state index contributed by atoms with van der Waals surface area (Å²) in [6.45, 7) is 0. The Morgan fingerprint density at radius 1 is 0.969 bits per heavy atom. The van der Waals surface area contributed by atoms with Crippen LogP contribution in [0.1, 0.15) is 30.4 Å². The van der Waals surface area contributed by atoms with Crippen LogP contribution in [0.5, 0.6) is 5.75 Å². The summed E-state index contributed by atoms with van der Waals surface area (Å²) in [6.07, 6.45) is 0. The van der Waals surface area contributed by atoms with Crippen LogP contribution in [0, 0.1) is 0 Å². The van der Waals surface area contributed by atoms with Gasteiger partial charge in [-0.25, -0.2) is 4.90 Å². The minimum atomic E-state index is -0.419. The van der Waals surface area contributed by atoms with E-state index in [0.29, 0.717) is 32.4 Å². The first-order valence-corrected chi connectivity index (χ1v) is 10.8. The van der Waals surface area contributed by atoms with Gasteiger partial charge in [0.15, 0.2) is 0 Å². The Morgan fingerprint density at radius 2 is 1.62 bits per heavy atom. The first kappa shape index (κ1) is 20.2. The summed E-state index contributed by atoms with van der Waals surface area (Å²) in [5.41, 5.74) is 1.44. The maximum absolute atomic E-state index is 12.9. The van der Waals surface area contributed by atoms with Gasteiger partial charge in [-0.15, -0.1) is 11.3 Å². The molecule has 1 aromatic heterocycles. The highest BCUT2D eigenvalue weighted by Gasteiger charge is 2.37. The quantitative estimate of drug-likeness (QED) is 0.399. The second kappa shape index (κ2) is 7.78. The van der Waals surface area contributed by atoms with E-state index in [0.717, 1.165) is 15.0 Å². The van der Waals surface area contributed by atoms with E-state index in [-0.39, 0.29) is 11.7 Å². The highest BCUT2D eigenvalue weighted by atomic mass is 35.5. The fraction of sp³-hybridized carbons (Fsp3) is 0.0417. The summed E-state index contributed by atoms with van der Waals surface area (Å²) >= 11 is 7.71. The Kier molecular flexibility index (Phi) is 4.92. The fourth-order valence-corrected chi connectivity index (χ4v) is 5.11. The van der Waals surface area contributed by atoms with Gasteiger partial charge < -0.3 is 10.1 Å². The molecule has 4 aromatic rings. The molecule has 1 N–H and O–H groups in total. The van der Waals surface area contributed by atoms with Gasteiger partial charge in [0.05, 0.1) is 28.9 Å². The van der Waals surface area contributed by atoms with Crippen molar-refractivity contribution in [2.24, 2.45) is 0 Å². The molecule has 0 unspecified atom stereocenters. The number of ether oxygens (including phenoxy) is 1. The molecule has 1 aliphatic rings. The Bertz CT molecular complexity index is 1390. The molecule has 0 fully saturated rings. The molecule has 0 bridgehead atoms. The molecular formula is C24H15ClN2O4S. The van der Waals surface area contributed by atoms with Crippen LogP contribution in [0.4, 0.5) is 11.4 Å². The lowest BCUT2D eigenvalue weighted by molar-refractivity contribution is 0.0923. The van der Waals surface area contributed by atoms with Crippen molar-refractivity contribution in [3.8, 4) is 5.75 Å². The van der Waals surface area contributed by atoms with Gasteiger partial charge >= 0.3 is 0 Å². The van der Waals surface area contributed by atoms with Gasteiger partial charge in [0, 0.05) is 21.8 Å². The molecule has 0 atom stereocenters. The monoisotopic (exact) mass is 462 g/mol. The molecule has 0 saturated heterocycles. The van der Waals surface area contributed by atoms with E-state index in [2.05, 4.69) is 5.32 Å². The molecule has 3 aromatic carbocycles. The molecule has 0 radical (unpaired) electrons. The normalized spacial score (nSPS) is 12.9. The second-order valence-electron chi connectivity index (χ2n) is 7.07. The van der Waals surface area contributed by atoms with E-state index < -0.39 is 11.8 Å². The van der Waals surface area contributed by atoms with Gasteiger partial charge in [-0.1, -0.05) is 41.9 Å². The van der Waals surface area contributed by atoms with Gasteiger partial charge in [-0.05, 0) is 30.3 Å². The van der Waals surface area contributed by atoms with Gasteiger partial charge in [0.25, 0.3) is 17.7 Å². The number of rotatable bonds is 4. The number of thiophene rings is 1. The van der Waals surface area contributed by atoms with E-state index in [1.807, 2.05) is 24.3 Å². The molecular weight excluding hydrogens is 448 g/mol. The third kappa shape index (κ3) is 3.14. The molecule has 5 rings (SSSR count). The zero-order valence-corrected chi connectivity index (χ0v) is 18.3. The Morgan fingerprint density at radius 3 is 2.28 bits per heavy atom. The summed E-state index contributed by atoms with van der Waals surface area (Å²) < 4.78 is 6.35. The molecule has 158 valence electrons. The van der Waals surface area contributed by atoms with Gasteiger partial charge in [-0.3, -0.25) is 14.4 Å². The number of carbonyl (C=O) groups excluding carboxylic acids is 3. The number of fused-ring (bicyclic) bond motifs is 2. The third-order valence-electron chi connectivity index (χ3n) is 5.21. The van der Waals surface area contributed by atoms with Crippen molar-refractivity contribution in [2.45, 2.75) is 0 Å². The average Bonchev–Trinajstić information content (AvgIpc) is 3.28. The number of hydrogen-bond donors (Lipinski definition) is 1. The molecule has 0 saturated carbocycles. The maximum Gasteiger partial charge on any atom is 0.267 e. The van der Waals surface area contributed by atoms with Crippen molar-refractivity contribution in [3.63, 3.8) is 0 Å². The summed E-state index contributed by atoms with van der Waals surface area (Å²) in [5.74, 6) is -0.915. The van der Waals surface area contributed by atoms with Crippen LogP contribution in [0.15, 0.2) is 66.7 Å². The van der Waals surface area contributed by atoms with Gasteiger partial charge in [0.2, 0.25) is 0 Å². The number of nitrogens with one attached hydrogen (secondary N) is 1. The molecule has 6 nitrogen and oxygen atoms in total. The molecule has 32 heavy (non-hydrogen) atoms. The predicted octanol–water partition coefficient (Wildman–Crippen LogP) is 5.62. The summed E-state index contributed by atoms with van der Waals surface area (Å²) in [6, 6.07) is 18.9. The summed E-state index contributed by atoms with van der Waals surface area (Å²) in [4.78, 5) is 40.0. The Balaban J connectivity index is 1.45. The lowest BCUT2D eigenvalue weighted by Crippen LogP contribution is -2.29. The number of amides is 3. The van der Waals surface area contributed by atoms with E-state index in [4.69, 9.17) is 16.3 Å². The van der Waals surface area contributed by atoms with E-state index >= 15 is 0 Å². The molecule has 2 heterocycles. The number of hydrogen-bond acceptors (Lipinski definition) is 5. The average molecular weight is 463 g/mol. The van der Waals surface area contributed by atoms with Crippen molar-refractivity contribution < 1.29 is 19.1 Å². The smallest absolute Gasteiger partial charge is 0.267 e. The predicted molar refractivity (Wildman–Crippen MR) is 125 cm³/mol. The van der Waals surface area contributed by atoms with Crippen LogP contribution in [0.25, 0.3) is 10.1 Å². The fourth-order valence-electron chi connectivity index (χ4n) is 3.70. The van der Waals surface area contributed by atoms with Crippen molar-refractivity contribution >= 4 is 62.1 Å². The van der Waals surface area contributed by atoms with Crippen LogP contribution in [0.3, 0.4) is 0 Å². The van der Waals surface area contributed by atoms with Crippen LogP contribution < -0.4 is 15.0 Å². The number of benzene rings is 3. The summed E-state index contributed by atoms with van der Waals surface area (Å²) in [7, 11) is 1.44. The topological polar surface area (TPSA) is 75.7 Å². The van der Waals surface area contributed by atoms with E-state index in [1.54, 1.807) is 42.5 Å². The lowest BCUT2D eigenvalue weighted by Gasteiger charge is -2.18. The number of methoxy groups -OCH3 is 1. The van der Waals surface area contributed by atoms with Crippen LogP contribution >= 0.6 is 22.9 Å². The Labute approximate surface area is 192 Å². The van der Waals surface area contributed by atoms with Crippen molar-refractivity contribution in [2.75, 3.05) is 17.3 Å². The lowest BCUT2D eigenvalue weighted by atomic mass is 10.1. The Hall–Kier alpha value is -3.68. The van der Waals surface area contributed by atoms with Gasteiger partial charge in [-0.2, -0.15) is 0 Å². The van der Waals surface area contributed by atoms with Crippen molar-refractivity contribution in [1.82, 2.24) is 0 Å². The van der Waals surface area contributed by atoms with Crippen LogP contribution in [-0.2, 0) is 0 Å². The molecule has 1 aliphatic heterocycles. The van der Waals surface area contributed by atoms with Crippen LogP contribution in [-0.4, -0.2) is 24.8 Å². The zero-order chi connectivity index (χ0) is 22.4. The minimum absolute atomic E-state index is 0.278. The highest BCUT2D eigenvalue weighted by molar-refractivity contribution is 7.21. The number of imide groups is 1. The number of carbonyl (C=O) groups is 3. The molecule has 3 amide bonds. The SMILES string of the molecule is COc1cc(NC(=O)c2sc3ccccc3c2Cl)ccc1N1C(=O)c2ccccc2C1=O. The number of anilines is 2. The molecule has 0 spiro atoms. The van der Waals surface area contributed by atoms with Crippen molar-refractivity contribution in [1.29, 1.82) is 0 Å². The standard InChI is InChI=1S/C24H15ClN2O4S/c1-31-18-12-13(26-22(28)21-20(25)16-8-4-5-9-19(16)32-21)10-11-17(18)27-23(29)14-6-2-3-7-15(14)24(27)30/h2-12H,1H3,(H,26,28). The van der Waals surface area contributed by atoms with E-state index in [9.17, 15) is 14.4 Å². The largest absolute Gasteiger partial charge is 0.494 e. The minimum Gasteiger partial charge on any atom is -0.494 e. The first-order chi connectivity index (χ1) is 15.5. The third-order valence-corrected chi connectivity index (χ3v) is 6.89. The highest BCUT2D eigenvalue weighted by Crippen LogP contribution is 2.38. The maximum atomic E-state index is 12.9. The molecule has 0 aliphatic carbocycles. The number of halogens is 1. The van der Waals surface area contributed by atoms with Crippen LogP contribution in [0.2, 0.25) is 5.02 Å². The number of nitrogens with zero attached hydrogens (tertiary/aromatic N) is 1. The second-order valence-corrected chi connectivity index (χ2v) is 8.50. The van der Waals surface area contributed by atoms with E-state index in [1.165, 1.54) is 18.4 Å². The summed E-state index contributed by atoms with van der Waals surface area (Å²) in [5, 5.41) is 4.03. The first-order valence-electron chi connectivity index (χ1n) is 9.64. The van der Waals surface area contributed by atoms with Crippen molar-refractivity contribution in [3.05, 3.63) is 87.8 Å². The molecule has 8 heteroatoms.